The highest BCUT2D eigenvalue weighted by Crippen LogP contribution is 2.34. The van der Waals surface area contributed by atoms with Crippen molar-refractivity contribution < 1.29 is 14.1 Å². The average Bonchev–Trinajstić information content (AvgIpc) is 3.26. The Bertz CT molecular complexity index is 1040. The molecule has 1 aliphatic heterocycles. The molecule has 0 spiro atoms. The maximum absolute atomic E-state index is 13.7. The Morgan fingerprint density at radius 2 is 1.78 bits per heavy atom. The smallest absolute Gasteiger partial charge is 0.254 e. The lowest BCUT2D eigenvalue weighted by atomic mass is 10.0. The molecule has 1 aliphatic rings. The van der Waals surface area contributed by atoms with Crippen LogP contribution in [0.3, 0.4) is 0 Å². The molecule has 1 saturated heterocycles. The summed E-state index contributed by atoms with van der Waals surface area (Å²) in [6.45, 7) is 9.41. The summed E-state index contributed by atoms with van der Waals surface area (Å²) < 4.78 is 11.4. The fraction of sp³-hybridized carbons (Fsp3) is 0.385. The molecule has 0 N–H and O–H groups in total. The Morgan fingerprint density at radius 1 is 1.09 bits per heavy atom. The molecule has 0 radical (unpaired) electrons. The van der Waals surface area contributed by atoms with Gasteiger partial charge in [0.15, 0.2) is 0 Å². The van der Waals surface area contributed by atoms with E-state index in [9.17, 15) is 4.79 Å². The first-order chi connectivity index (χ1) is 15.6. The van der Waals surface area contributed by atoms with Crippen LogP contribution < -0.4 is 4.90 Å². The molecule has 0 bridgehead atoms. The number of ether oxygens (including phenoxy) is 1. The molecule has 2 aromatic carbocycles. The van der Waals surface area contributed by atoms with Crippen LogP contribution in [-0.4, -0.2) is 48.3 Å². The number of carbonyl (C=O) groups is 1. The van der Waals surface area contributed by atoms with E-state index in [4.69, 9.17) is 9.26 Å². The maximum atomic E-state index is 13.7. The van der Waals surface area contributed by atoms with Gasteiger partial charge in [0, 0.05) is 30.3 Å². The maximum Gasteiger partial charge on any atom is 0.254 e. The summed E-state index contributed by atoms with van der Waals surface area (Å²) in [6.07, 6.45) is 0.858. The lowest BCUT2D eigenvalue weighted by Crippen LogP contribution is -2.40. The van der Waals surface area contributed by atoms with Gasteiger partial charge < -0.3 is 19.1 Å². The minimum Gasteiger partial charge on any atom is -0.378 e. The minimum absolute atomic E-state index is 0.0330. The minimum atomic E-state index is 0.0330. The van der Waals surface area contributed by atoms with Gasteiger partial charge in [-0.25, -0.2) is 0 Å². The number of aromatic nitrogens is 1. The lowest BCUT2D eigenvalue weighted by Gasteiger charge is -2.31. The number of nitrogens with zero attached hydrogens (tertiary/aromatic N) is 3. The van der Waals surface area contributed by atoms with Crippen LogP contribution in [0.2, 0.25) is 0 Å². The predicted octanol–water partition coefficient (Wildman–Crippen LogP) is 4.93. The number of hydrogen-bond acceptors (Lipinski definition) is 5. The van der Waals surface area contributed by atoms with Gasteiger partial charge in [0.25, 0.3) is 5.91 Å². The predicted molar refractivity (Wildman–Crippen MR) is 126 cm³/mol. The first-order valence-electron chi connectivity index (χ1n) is 11.3. The third-order valence-corrected chi connectivity index (χ3v) is 6.20. The molecule has 6 nitrogen and oxygen atoms in total. The van der Waals surface area contributed by atoms with Crippen molar-refractivity contribution in [3.63, 3.8) is 0 Å². The Balaban J connectivity index is 1.76. The Morgan fingerprint density at radius 3 is 2.47 bits per heavy atom. The molecule has 32 heavy (non-hydrogen) atoms. The van der Waals surface area contributed by atoms with E-state index in [0.717, 1.165) is 53.3 Å². The van der Waals surface area contributed by atoms with Crippen molar-refractivity contribution in [1.29, 1.82) is 0 Å². The number of morpholine rings is 1. The Hall–Kier alpha value is -3.12. The van der Waals surface area contributed by atoms with Crippen LogP contribution in [0.15, 0.2) is 59.1 Å². The van der Waals surface area contributed by atoms with Crippen LogP contribution in [-0.2, 0) is 11.3 Å². The van der Waals surface area contributed by atoms with E-state index >= 15 is 0 Å². The van der Waals surface area contributed by atoms with Crippen molar-refractivity contribution >= 4 is 11.8 Å². The van der Waals surface area contributed by atoms with Gasteiger partial charge in [-0.3, -0.25) is 4.79 Å². The highest BCUT2D eigenvalue weighted by Gasteiger charge is 2.29. The Labute approximate surface area is 189 Å². The fourth-order valence-corrected chi connectivity index (χ4v) is 4.07. The van der Waals surface area contributed by atoms with Crippen molar-refractivity contribution in [2.45, 2.75) is 39.8 Å². The molecular weight excluding hydrogens is 402 g/mol. The zero-order valence-electron chi connectivity index (χ0n) is 19.1. The normalized spacial score (nSPS) is 14.9. The van der Waals surface area contributed by atoms with Crippen LogP contribution in [0.4, 0.5) is 5.88 Å². The second kappa shape index (κ2) is 10.0. The number of aryl methyl sites for hydroxylation is 1. The molecule has 3 aromatic rings. The molecule has 4 rings (SSSR count). The first-order valence-corrected chi connectivity index (χ1v) is 11.3. The van der Waals surface area contributed by atoms with Gasteiger partial charge in [0.1, 0.15) is 5.69 Å². The number of hydrogen-bond donors (Lipinski definition) is 0. The summed E-state index contributed by atoms with van der Waals surface area (Å²) in [5.41, 5.74) is 4.43. The van der Waals surface area contributed by atoms with Crippen LogP contribution in [0, 0.1) is 6.92 Å². The molecule has 0 aliphatic carbocycles. The largest absolute Gasteiger partial charge is 0.378 e. The molecule has 6 heteroatoms. The summed E-state index contributed by atoms with van der Waals surface area (Å²) in [6, 6.07) is 17.9. The van der Waals surface area contributed by atoms with Gasteiger partial charge >= 0.3 is 0 Å². The van der Waals surface area contributed by atoms with Crippen molar-refractivity contribution in [1.82, 2.24) is 10.1 Å². The van der Waals surface area contributed by atoms with Gasteiger partial charge in [-0.15, -0.1) is 0 Å². The molecule has 1 atom stereocenters. The summed E-state index contributed by atoms with van der Waals surface area (Å²) in [5.74, 6) is 0.767. The highest BCUT2D eigenvalue weighted by molar-refractivity contribution is 5.96. The second-order valence-corrected chi connectivity index (χ2v) is 8.29. The average molecular weight is 434 g/mol. The lowest BCUT2D eigenvalue weighted by molar-refractivity contribution is 0.0670. The van der Waals surface area contributed by atoms with Gasteiger partial charge in [-0.2, -0.15) is 0 Å². The van der Waals surface area contributed by atoms with Crippen molar-refractivity contribution in [2.75, 3.05) is 31.2 Å². The molecule has 168 valence electrons. The van der Waals surface area contributed by atoms with Crippen molar-refractivity contribution in [3.8, 4) is 11.3 Å². The third-order valence-electron chi connectivity index (χ3n) is 6.20. The topological polar surface area (TPSA) is 58.8 Å². The number of amides is 1. The Kier molecular flexibility index (Phi) is 6.90. The standard InChI is InChI=1S/C26H31N3O3/c1-4-20(3)29(25(30)22-13-9-8-10-19(22)2)18-23-24(21-11-6-5-7-12-21)27-32-26(23)28-14-16-31-17-15-28/h5-13,20H,4,14-18H2,1-3H3/t20-/m0/s1. The second-order valence-electron chi connectivity index (χ2n) is 8.29. The number of anilines is 1. The number of rotatable bonds is 7. The molecule has 0 unspecified atom stereocenters. The zero-order valence-corrected chi connectivity index (χ0v) is 19.1. The first kappa shape index (κ1) is 22.1. The number of benzene rings is 2. The molecule has 2 heterocycles. The van der Waals surface area contributed by atoms with Gasteiger partial charge in [-0.05, 0) is 31.9 Å². The van der Waals surface area contributed by atoms with E-state index in [0.29, 0.717) is 19.8 Å². The monoisotopic (exact) mass is 433 g/mol. The van der Waals surface area contributed by atoms with Gasteiger partial charge in [-0.1, -0.05) is 60.6 Å². The van der Waals surface area contributed by atoms with E-state index in [1.807, 2.05) is 66.4 Å². The molecular formula is C26H31N3O3. The van der Waals surface area contributed by atoms with Crippen molar-refractivity contribution in [3.05, 3.63) is 71.3 Å². The van der Waals surface area contributed by atoms with Crippen LogP contribution in [0.1, 0.15) is 41.8 Å². The summed E-state index contributed by atoms with van der Waals surface area (Å²) in [7, 11) is 0. The SMILES string of the molecule is CC[C@H](C)N(Cc1c(-c2ccccc2)noc1N1CCOCC1)C(=O)c1ccccc1C. The van der Waals surface area contributed by atoms with E-state index < -0.39 is 0 Å². The van der Waals surface area contributed by atoms with Gasteiger partial charge in [0.05, 0.1) is 25.3 Å². The van der Waals surface area contributed by atoms with Gasteiger partial charge in [0.2, 0.25) is 5.88 Å². The summed E-state index contributed by atoms with van der Waals surface area (Å²) in [4.78, 5) is 17.8. The van der Waals surface area contributed by atoms with E-state index in [1.165, 1.54) is 0 Å². The third kappa shape index (κ3) is 4.55. The number of carbonyl (C=O) groups excluding carboxylic acids is 1. The highest BCUT2D eigenvalue weighted by atomic mass is 16.5. The summed E-state index contributed by atoms with van der Waals surface area (Å²) >= 11 is 0. The van der Waals surface area contributed by atoms with Crippen LogP contribution in [0.5, 0.6) is 0 Å². The van der Waals surface area contributed by atoms with E-state index in [1.54, 1.807) is 0 Å². The molecule has 1 fully saturated rings. The van der Waals surface area contributed by atoms with E-state index in [-0.39, 0.29) is 11.9 Å². The van der Waals surface area contributed by atoms with Crippen molar-refractivity contribution in [2.24, 2.45) is 0 Å². The molecule has 1 aromatic heterocycles. The zero-order chi connectivity index (χ0) is 22.5. The summed E-state index contributed by atoms with van der Waals surface area (Å²) in [5, 5.41) is 4.45. The quantitative estimate of drug-likeness (QED) is 0.529. The fourth-order valence-electron chi connectivity index (χ4n) is 4.07. The van der Waals surface area contributed by atoms with Crippen LogP contribution in [0.25, 0.3) is 11.3 Å². The van der Waals surface area contributed by atoms with E-state index in [2.05, 4.69) is 23.9 Å². The molecule has 1 amide bonds. The molecule has 0 saturated carbocycles. The van der Waals surface area contributed by atoms with Crippen LogP contribution >= 0.6 is 0 Å².